The number of para-hydroxylation sites is 1. The van der Waals surface area contributed by atoms with E-state index in [1.165, 1.54) is 6.07 Å². The number of aliphatic hydroxyl groups is 1. The summed E-state index contributed by atoms with van der Waals surface area (Å²) in [7, 11) is 0. The van der Waals surface area contributed by atoms with Crippen LogP contribution in [-0.2, 0) is 6.54 Å². The van der Waals surface area contributed by atoms with E-state index in [0.717, 1.165) is 11.3 Å². The number of aryl methyl sites for hydroxylation is 1. The van der Waals surface area contributed by atoms with Crippen molar-refractivity contribution in [1.82, 2.24) is 5.32 Å². The minimum Gasteiger partial charge on any atom is -0.491 e. The highest BCUT2D eigenvalue weighted by molar-refractivity contribution is 5.31. The molecule has 1 atom stereocenters. The SMILES string of the molecule is Cc1ccccc1OCC(O)CNCc1ccccc1F. The Kier molecular flexibility index (Phi) is 5.72. The Balaban J connectivity index is 1.72. The normalized spacial score (nSPS) is 12.1. The fraction of sp³-hybridized carbons (Fsp3) is 0.294. The van der Waals surface area contributed by atoms with Crippen molar-refractivity contribution in [2.75, 3.05) is 13.2 Å². The first-order valence-electron chi connectivity index (χ1n) is 6.97. The molecule has 0 aliphatic heterocycles. The topological polar surface area (TPSA) is 41.5 Å². The van der Waals surface area contributed by atoms with Gasteiger partial charge in [0.2, 0.25) is 0 Å². The molecular formula is C17H20FNO2. The number of halogens is 1. The highest BCUT2D eigenvalue weighted by atomic mass is 19.1. The summed E-state index contributed by atoms with van der Waals surface area (Å²) in [6.45, 7) is 2.89. The van der Waals surface area contributed by atoms with Gasteiger partial charge < -0.3 is 15.2 Å². The summed E-state index contributed by atoms with van der Waals surface area (Å²) in [5.41, 5.74) is 1.62. The van der Waals surface area contributed by atoms with E-state index in [1.54, 1.807) is 18.2 Å². The molecule has 2 rings (SSSR count). The predicted octanol–water partition coefficient (Wildman–Crippen LogP) is 2.66. The van der Waals surface area contributed by atoms with Gasteiger partial charge in [0.1, 0.15) is 24.3 Å². The average Bonchev–Trinajstić information content (AvgIpc) is 2.48. The average molecular weight is 289 g/mol. The van der Waals surface area contributed by atoms with Crippen molar-refractivity contribution >= 4 is 0 Å². The van der Waals surface area contributed by atoms with Crippen LogP contribution in [0.2, 0.25) is 0 Å². The molecule has 2 aromatic rings. The molecule has 0 spiro atoms. The van der Waals surface area contributed by atoms with Crippen LogP contribution in [-0.4, -0.2) is 24.4 Å². The molecule has 0 bridgehead atoms. The molecule has 21 heavy (non-hydrogen) atoms. The van der Waals surface area contributed by atoms with Crippen LogP contribution in [0.4, 0.5) is 4.39 Å². The molecule has 0 aromatic heterocycles. The van der Waals surface area contributed by atoms with Crippen LogP contribution in [0, 0.1) is 12.7 Å². The third-order valence-electron chi connectivity index (χ3n) is 3.18. The van der Waals surface area contributed by atoms with Crippen LogP contribution in [0.3, 0.4) is 0 Å². The summed E-state index contributed by atoms with van der Waals surface area (Å²) in [6, 6.07) is 14.3. The van der Waals surface area contributed by atoms with Crippen LogP contribution in [0.25, 0.3) is 0 Å². The lowest BCUT2D eigenvalue weighted by atomic mass is 10.2. The lowest BCUT2D eigenvalue weighted by Gasteiger charge is -2.14. The zero-order valence-corrected chi connectivity index (χ0v) is 12.1. The minimum atomic E-state index is -0.642. The van der Waals surface area contributed by atoms with E-state index in [4.69, 9.17) is 4.74 Å². The van der Waals surface area contributed by atoms with Gasteiger partial charge in [-0.2, -0.15) is 0 Å². The van der Waals surface area contributed by atoms with E-state index >= 15 is 0 Å². The molecule has 0 aliphatic rings. The number of rotatable bonds is 7. The standard InChI is InChI=1S/C17H20FNO2/c1-13-6-2-5-9-17(13)21-12-15(20)11-19-10-14-7-3-4-8-16(14)18/h2-9,15,19-20H,10-12H2,1H3. The van der Waals surface area contributed by atoms with Gasteiger partial charge >= 0.3 is 0 Å². The van der Waals surface area contributed by atoms with Crippen LogP contribution in [0.1, 0.15) is 11.1 Å². The summed E-state index contributed by atoms with van der Waals surface area (Å²) in [5.74, 6) is 0.529. The molecule has 0 heterocycles. The smallest absolute Gasteiger partial charge is 0.127 e. The Morgan fingerprint density at radius 1 is 1.14 bits per heavy atom. The lowest BCUT2D eigenvalue weighted by Crippen LogP contribution is -2.31. The quantitative estimate of drug-likeness (QED) is 0.823. The van der Waals surface area contributed by atoms with Gasteiger partial charge in [0.15, 0.2) is 0 Å². The van der Waals surface area contributed by atoms with Crippen LogP contribution in [0.5, 0.6) is 5.75 Å². The highest BCUT2D eigenvalue weighted by Crippen LogP contribution is 2.16. The van der Waals surface area contributed by atoms with Crippen molar-refractivity contribution < 1.29 is 14.2 Å². The largest absolute Gasteiger partial charge is 0.491 e. The Morgan fingerprint density at radius 3 is 2.62 bits per heavy atom. The molecule has 112 valence electrons. The highest BCUT2D eigenvalue weighted by Gasteiger charge is 2.07. The van der Waals surface area contributed by atoms with Gasteiger partial charge in [0.25, 0.3) is 0 Å². The second-order valence-corrected chi connectivity index (χ2v) is 4.95. The first-order valence-corrected chi connectivity index (χ1v) is 6.97. The zero-order valence-electron chi connectivity index (χ0n) is 12.1. The summed E-state index contributed by atoms with van der Waals surface area (Å²) >= 11 is 0. The number of benzene rings is 2. The van der Waals surface area contributed by atoms with Gasteiger partial charge in [-0.25, -0.2) is 4.39 Å². The van der Waals surface area contributed by atoms with Crippen LogP contribution < -0.4 is 10.1 Å². The number of hydrogen-bond acceptors (Lipinski definition) is 3. The summed E-state index contributed by atoms with van der Waals surface area (Å²) in [4.78, 5) is 0. The maximum atomic E-state index is 13.4. The molecule has 0 amide bonds. The number of ether oxygens (including phenoxy) is 1. The Bertz CT molecular complexity index is 574. The van der Waals surface area contributed by atoms with Gasteiger partial charge in [0, 0.05) is 18.7 Å². The fourth-order valence-corrected chi connectivity index (χ4v) is 1.98. The van der Waals surface area contributed by atoms with Crippen molar-refractivity contribution in [3.05, 3.63) is 65.5 Å². The molecule has 1 unspecified atom stereocenters. The van der Waals surface area contributed by atoms with Crippen molar-refractivity contribution in [3.8, 4) is 5.75 Å². The van der Waals surface area contributed by atoms with Gasteiger partial charge in [-0.3, -0.25) is 0 Å². The van der Waals surface area contributed by atoms with Crippen molar-refractivity contribution in [2.24, 2.45) is 0 Å². The van der Waals surface area contributed by atoms with E-state index in [-0.39, 0.29) is 12.4 Å². The second kappa shape index (κ2) is 7.76. The van der Waals surface area contributed by atoms with Crippen LogP contribution >= 0.6 is 0 Å². The van der Waals surface area contributed by atoms with Crippen molar-refractivity contribution in [2.45, 2.75) is 19.6 Å². The van der Waals surface area contributed by atoms with E-state index in [2.05, 4.69) is 5.32 Å². The van der Waals surface area contributed by atoms with Gasteiger partial charge in [-0.1, -0.05) is 36.4 Å². The molecule has 0 fully saturated rings. The van der Waals surface area contributed by atoms with E-state index in [0.29, 0.717) is 18.7 Å². The minimum absolute atomic E-state index is 0.203. The molecule has 2 N–H and O–H groups in total. The second-order valence-electron chi connectivity index (χ2n) is 4.95. The monoisotopic (exact) mass is 289 g/mol. The van der Waals surface area contributed by atoms with E-state index < -0.39 is 6.10 Å². The van der Waals surface area contributed by atoms with Gasteiger partial charge in [-0.15, -0.1) is 0 Å². The zero-order chi connectivity index (χ0) is 15.1. The fourth-order valence-electron chi connectivity index (χ4n) is 1.98. The lowest BCUT2D eigenvalue weighted by molar-refractivity contribution is 0.106. The number of nitrogens with one attached hydrogen (secondary N) is 1. The maximum Gasteiger partial charge on any atom is 0.127 e. The first-order chi connectivity index (χ1) is 10.2. The third kappa shape index (κ3) is 4.85. The maximum absolute atomic E-state index is 13.4. The summed E-state index contributed by atoms with van der Waals surface area (Å²) in [6.07, 6.45) is -0.642. The molecule has 4 heteroatoms. The molecule has 2 aromatic carbocycles. The van der Waals surface area contributed by atoms with Gasteiger partial charge in [0.05, 0.1) is 0 Å². The first kappa shape index (κ1) is 15.5. The van der Waals surface area contributed by atoms with E-state index in [9.17, 15) is 9.50 Å². The molecule has 0 saturated heterocycles. The van der Waals surface area contributed by atoms with E-state index in [1.807, 2.05) is 31.2 Å². The molecule has 3 nitrogen and oxygen atoms in total. The van der Waals surface area contributed by atoms with Crippen molar-refractivity contribution in [3.63, 3.8) is 0 Å². The van der Waals surface area contributed by atoms with Gasteiger partial charge in [-0.05, 0) is 24.6 Å². The molecule has 0 radical (unpaired) electrons. The summed E-state index contributed by atoms with van der Waals surface area (Å²) in [5, 5.41) is 12.9. The number of aliphatic hydroxyl groups excluding tert-OH is 1. The Labute approximate surface area is 124 Å². The number of hydrogen-bond donors (Lipinski definition) is 2. The predicted molar refractivity (Wildman–Crippen MR) is 80.8 cm³/mol. The molecule has 0 saturated carbocycles. The van der Waals surface area contributed by atoms with Crippen LogP contribution in [0.15, 0.2) is 48.5 Å². The Hall–Kier alpha value is -1.91. The third-order valence-corrected chi connectivity index (χ3v) is 3.18. The van der Waals surface area contributed by atoms with Crippen molar-refractivity contribution in [1.29, 1.82) is 0 Å². The molecule has 0 aliphatic carbocycles. The summed E-state index contributed by atoms with van der Waals surface area (Å²) < 4.78 is 19.0. The molecular weight excluding hydrogens is 269 g/mol. The Morgan fingerprint density at radius 2 is 1.86 bits per heavy atom.